The van der Waals surface area contributed by atoms with Gasteiger partial charge in [-0.15, -0.1) is 0 Å². The van der Waals surface area contributed by atoms with Crippen molar-refractivity contribution in [3.05, 3.63) is 44.6 Å². The van der Waals surface area contributed by atoms with Crippen molar-refractivity contribution in [1.82, 2.24) is 14.9 Å². The molecule has 0 fully saturated rings. The van der Waals surface area contributed by atoms with Gasteiger partial charge in [0, 0.05) is 19.2 Å². The average Bonchev–Trinajstić information content (AvgIpc) is 2.54. The number of hydrogen-bond acceptors (Lipinski definition) is 4. The first-order valence-corrected chi connectivity index (χ1v) is 7.62. The molecular weight excluding hydrogens is 298 g/mol. The molecule has 1 aromatic heterocycles. The number of ether oxygens (including phenoxy) is 1. The van der Waals surface area contributed by atoms with E-state index in [-0.39, 0.29) is 19.1 Å². The SMILES string of the molecule is CCCCNC(=O)c1ccc2c(=O)n(CCOC)c(=O)[nH]c2c1. The Morgan fingerprint density at radius 3 is 2.83 bits per heavy atom. The molecule has 0 saturated carbocycles. The minimum Gasteiger partial charge on any atom is -0.383 e. The molecule has 0 unspecified atom stereocenters. The number of fused-ring (bicyclic) bond motifs is 1. The monoisotopic (exact) mass is 319 g/mol. The predicted octanol–water partition coefficient (Wildman–Crippen LogP) is 0.866. The van der Waals surface area contributed by atoms with Crippen LogP contribution in [0.1, 0.15) is 30.1 Å². The summed E-state index contributed by atoms with van der Waals surface area (Å²) in [5, 5.41) is 3.17. The van der Waals surface area contributed by atoms with Crippen molar-refractivity contribution < 1.29 is 9.53 Å². The zero-order chi connectivity index (χ0) is 16.8. The lowest BCUT2D eigenvalue weighted by molar-refractivity contribution is 0.0953. The Hall–Kier alpha value is -2.41. The quantitative estimate of drug-likeness (QED) is 0.740. The standard InChI is InChI=1S/C16H21N3O4/c1-3-4-7-17-14(20)11-5-6-12-13(10-11)18-16(22)19(15(12)21)8-9-23-2/h5-6,10H,3-4,7-9H2,1-2H3,(H,17,20)(H,18,22). The van der Waals surface area contributed by atoms with Crippen LogP contribution in [0.5, 0.6) is 0 Å². The first-order valence-electron chi connectivity index (χ1n) is 7.62. The van der Waals surface area contributed by atoms with Crippen molar-refractivity contribution in [3.63, 3.8) is 0 Å². The van der Waals surface area contributed by atoms with Crippen molar-refractivity contribution >= 4 is 16.8 Å². The molecule has 1 heterocycles. The maximum Gasteiger partial charge on any atom is 0.328 e. The van der Waals surface area contributed by atoms with Gasteiger partial charge in [-0.2, -0.15) is 0 Å². The first kappa shape index (κ1) is 17.0. The van der Waals surface area contributed by atoms with Crippen molar-refractivity contribution in [2.45, 2.75) is 26.3 Å². The molecule has 2 aromatic rings. The van der Waals surface area contributed by atoms with Gasteiger partial charge in [0.1, 0.15) is 0 Å². The van der Waals surface area contributed by atoms with Crippen LogP contribution in [0.25, 0.3) is 10.9 Å². The van der Waals surface area contributed by atoms with E-state index in [2.05, 4.69) is 10.3 Å². The van der Waals surface area contributed by atoms with Crippen LogP contribution in [0.15, 0.2) is 27.8 Å². The second-order valence-corrected chi connectivity index (χ2v) is 5.25. The number of rotatable bonds is 7. The number of aromatic amines is 1. The molecule has 1 aromatic carbocycles. The van der Waals surface area contributed by atoms with E-state index in [0.717, 1.165) is 17.4 Å². The molecule has 0 atom stereocenters. The molecule has 0 aliphatic rings. The number of benzene rings is 1. The molecule has 0 spiro atoms. The van der Waals surface area contributed by atoms with Crippen LogP contribution >= 0.6 is 0 Å². The van der Waals surface area contributed by atoms with Crippen LogP contribution in [0, 0.1) is 0 Å². The number of carbonyl (C=O) groups is 1. The summed E-state index contributed by atoms with van der Waals surface area (Å²) in [5.41, 5.74) is -0.128. The highest BCUT2D eigenvalue weighted by Crippen LogP contribution is 2.09. The van der Waals surface area contributed by atoms with Crippen LogP contribution in [0.3, 0.4) is 0 Å². The van der Waals surface area contributed by atoms with Gasteiger partial charge >= 0.3 is 5.69 Å². The summed E-state index contributed by atoms with van der Waals surface area (Å²) < 4.78 is 5.99. The zero-order valence-corrected chi connectivity index (χ0v) is 13.3. The Balaban J connectivity index is 2.36. The molecule has 2 N–H and O–H groups in total. The number of unbranched alkanes of at least 4 members (excludes halogenated alkanes) is 1. The van der Waals surface area contributed by atoms with Gasteiger partial charge in [-0.1, -0.05) is 13.3 Å². The molecule has 0 bridgehead atoms. The van der Waals surface area contributed by atoms with Crippen molar-refractivity contribution in [2.24, 2.45) is 0 Å². The molecule has 7 nitrogen and oxygen atoms in total. The van der Waals surface area contributed by atoms with Gasteiger partial charge in [-0.25, -0.2) is 4.79 Å². The Bertz CT molecular complexity index is 807. The number of nitrogens with one attached hydrogen (secondary N) is 2. The summed E-state index contributed by atoms with van der Waals surface area (Å²) >= 11 is 0. The molecule has 1 amide bonds. The van der Waals surface area contributed by atoms with E-state index in [9.17, 15) is 14.4 Å². The molecule has 0 saturated heterocycles. The van der Waals surface area contributed by atoms with Gasteiger partial charge in [0.05, 0.1) is 24.1 Å². The van der Waals surface area contributed by atoms with E-state index < -0.39 is 11.2 Å². The summed E-state index contributed by atoms with van der Waals surface area (Å²) in [7, 11) is 1.50. The van der Waals surface area contributed by atoms with E-state index in [1.165, 1.54) is 13.2 Å². The van der Waals surface area contributed by atoms with Crippen molar-refractivity contribution in [3.8, 4) is 0 Å². The highest BCUT2D eigenvalue weighted by molar-refractivity contribution is 5.97. The Morgan fingerprint density at radius 1 is 1.35 bits per heavy atom. The van der Waals surface area contributed by atoms with Crippen LogP contribution in [-0.2, 0) is 11.3 Å². The summed E-state index contributed by atoms with van der Waals surface area (Å²) in [6, 6.07) is 4.68. The topological polar surface area (TPSA) is 93.2 Å². The second-order valence-electron chi connectivity index (χ2n) is 5.25. The number of nitrogens with zero attached hydrogens (tertiary/aromatic N) is 1. The third-order valence-electron chi connectivity index (χ3n) is 3.58. The van der Waals surface area contributed by atoms with E-state index in [4.69, 9.17) is 4.74 Å². The fraction of sp³-hybridized carbons (Fsp3) is 0.438. The number of aromatic nitrogens is 2. The largest absolute Gasteiger partial charge is 0.383 e. The van der Waals surface area contributed by atoms with Gasteiger partial charge in [-0.05, 0) is 24.6 Å². The predicted molar refractivity (Wildman–Crippen MR) is 87.9 cm³/mol. The minimum absolute atomic E-state index is 0.180. The smallest absolute Gasteiger partial charge is 0.328 e. The number of hydrogen-bond donors (Lipinski definition) is 2. The minimum atomic E-state index is -0.511. The number of carbonyl (C=O) groups excluding carboxylic acids is 1. The Labute approximate surface area is 133 Å². The third kappa shape index (κ3) is 3.87. The highest BCUT2D eigenvalue weighted by Gasteiger charge is 2.11. The van der Waals surface area contributed by atoms with Gasteiger partial charge in [0.2, 0.25) is 0 Å². The van der Waals surface area contributed by atoms with E-state index >= 15 is 0 Å². The highest BCUT2D eigenvalue weighted by atomic mass is 16.5. The normalized spacial score (nSPS) is 10.9. The van der Waals surface area contributed by atoms with E-state index in [0.29, 0.717) is 23.0 Å². The number of methoxy groups -OCH3 is 1. The van der Waals surface area contributed by atoms with Crippen LogP contribution in [0.2, 0.25) is 0 Å². The summed E-state index contributed by atoms with van der Waals surface area (Å²) in [4.78, 5) is 39.0. The fourth-order valence-corrected chi connectivity index (χ4v) is 2.26. The summed E-state index contributed by atoms with van der Waals surface area (Å²) in [5.74, 6) is -0.218. The fourth-order valence-electron chi connectivity index (χ4n) is 2.26. The van der Waals surface area contributed by atoms with Crippen molar-refractivity contribution in [1.29, 1.82) is 0 Å². The molecule has 124 valence electrons. The molecule has 23 heavy (non-hydrogen) atoms. The van der Waals surface area contributed by atoms with Gasteiger partial charge in [0.15, 0.2) is 0 Å². The van der Waals surface area contributed by atoms with E-state index in [1.54, 1.807) is 12.1 Å². The number of amides is 1. The molecule has 2 rings (SSSR count). The Morgan fingerprint density at radius 2 is 2.13 bits per heavy atom. The molecule has 7 heteroatoms. The summed E-state index contributed by atoms with van der Waals surface area (Å²) in [6.45, 7) is 3.09. The molecule has 0 aliphatic heterocycles. The maximum absolute atomic E-state index is 12.3. The lowest BCUT2D eigenvalue weighted by atomic mass is 10.1. The maximum atomic E-state index is 12.3. The number of H-pyrrole nitrogens is 1. The third-order valence-corrected chi connectivity index (χ3v) is 3.58. The average molecular weight is 319 g/mol. The van der Waals surface area contributed by atoms with Crippen LogP contribution in [0.4, 0.5) is 0 Å². The van der Waals surface area contributed by atoms with Crippen LogP contribution < -0.4 is 16.6 Å². The van der Waals surface area contributed by atoms with Gasteiger partial charge < -0.3 is 15.0 Å². The molecular formula is C16H21N3O4. The van der Waals surface area contributed by atoms with Gasteiger partial charge in [-0.3, -0.25) is 14.2 Å². The van der Waals surface area contributed by atoms with Gasteiger partial charge in [0.25, 0.3) is 11.5 Å². The van der Waals surface area contributed by atoms with Crippen molar-refractivity contribution in [2.75, 3.05) is 20.3 Å². The van der Waals surface area contributed by atoms with E-state index in [1.807, 2.05) is 6.92 Å². The molecule has 0 aliphatic carbocycles. The molecule has 0 radical (unpaired) electrons. The zero-order valence-electron chi connectivity index (χ0n) is 13.3. The van der Waals surface area contributed by atoms with Crippen LogP contribution in [-0.4, -0.2) is 35.7 Å². The lowest BCUT2D eigenvalue weighted by Gasteiger charge is -2.08. The summed E-state index contributed by atoms with van der Waals surface area (Å²) in [6.07, 6.45) is 1.90. The second kappa shape index (κ2) is 7.73. The Kier molecular flexibility index (Phi) is 5.70. The first-order chi connectivity index (χ1) is 11.1. The lowest BCUT2D eigenvalue weighted by Crippen LogP contribution is -2.36.